The molecule has 1 aromatic heterocycles. The Morgan fingerprint density at radius 3 is 1.86 bits per heavy atom. The lowest BCUT2D eigenvalue weighted by Gasteiger charge is -2.39. The summed E-state index contributed by atoms with van der Waals surface area (Å²) in [6.45, 7) is 4.54. The highest BCUT2D eigenvalue weighted by molar-refractivity contribution is 5.32. The number of hydrogen-bond donors (Lipinski definition) is 0. The fourth-order valence-electron chi connectivity index (χ4n) is 3.83. The number of aromatic nitrogens is 1. The Labute approximate surface area is 164 Å². The second-order valence-electron chi connectivity index (χ2n) is 7.18. The third-order valence-electron chi connectivity index (χ3n) is 5.27. The van der Waals surface area contributed by atoms with Crippen LogP contribution >= 0.6 is 0 Å². The van der Waals surface area contributed by atoms with Crippen molar-refractivity contribution in [2.75, 3.05) is 26.2 Å². The number of piperazine rings is 1. The van der Waals surface area contributed by atoms with Crippen LogP contribution in [0.1, 0.15) is 22.7 Å². The van der Waals surface area contributed by atoms with Crippen LogP contribution in [0.25, 0.3) is 0 Å². The monoisotopic (exact) mass is 379 g/mol. The lowest BCUT2D eigenvalue weighted by molar-refractivity contribution is 0.105. The highest BCUT2D eigenvalue weighted by Crippen LogP contribution is 2.30. The van der Waals surface area contributed by atoms with Gasteiger partial charge in [-0.3, -0.25) is 14.8 Å². The van der Waals surface area contributed by atoms with Gasteiger partial charge in [-0.2, -0.15) is 0 Å². The van der Waals surface area contributed by atoms with E-state index in [1.165, 1.54) is 29.8 Å². The van der Waals surface area contributed by atoms with Crippen LogP contribution < -0.4 is 0 Å². The Bertz CT molecular complexity index is 828. The minimum Gasteiger partial charge on any atom is -0.296 e. The Balaban J connectivity index is 1.51. The van der Waals surface area contributed by atoms with Crippen molar-refractivity contribution < 1.29 is 8.78 Å². The summed E-state index contributed by atoms with van der Waals surface area (Å²) in [4.78, 5) is 8.99. The number of rotatable bonds is 5. The molecule has 0 saturated carbocycles. The summed E-state index contributed by atoms with van der Waals surface area (Å²) < 4.78 is 26.9. The number of pyridine rings is 1. The van der Waals surface area contributed by atoms with Gasteiger partial charge in [-0.15, -0.1) is 0 Å². The normalized spacial score (nSPS) is 15.8. The fourth-order valence-corrected chi connectivity index (χ4v) is 3.83. The molecule has 0 spiro atoms. The first-order valence-electron chi connectivity index (χ1n) is 9.55. The first-order chi connectivity index (χ1) is 13.7. The van der Waals surface area contributed by atoms with E-state index in [9.17, 15) is 8.78 Å². The van der Waals surface area contributed by atoms with Crippen LogP contribution in [-0.2, 0) is 6.54 Å². The van der Waals surface area contributed by atoms with Crippen molar-refractivity contribution in [3.63, 3.8) is 0 Å². The molecule has 2 heterocycles. The van der Waals surface area contributed by atoms with E-state index in [0.29, 0.717) is 0 Å². The number of nitrogens with zero attached hydrogens (tertiary/aromatic N) is 3. The molecule has 2 aromatic carbocycles. The molecule has 1 aliphatic rings. The molecule has 0 unspecified atom stereocenters. The van der Waals surface area contributed by atoms with E-state index in [1.807, 2.05) is 36.5 Å². The number of hydrogen-bond acceptors (Lipinski definition) is 3. The lowest BCUT2D eigenvalue weighted by atomic mass is 9.96. The molecule has 1 aliphatic heterocycles. The van der Waals surface area contributed by atoms with Gasteiger partial charge >= 0.3 is 0 Å². The molecule has 5 heteroatoms. The van der Waals surface area contributed by atoms with Crippen molar-refractivity contribution in [1.82, 2.24) is 14.8 Å². The molecule has 0 N–H and O–H groups in total. The minimum atomic E-state index is -0.247. The molecule has 3 nitrogen and oxygen atoms in total. The van der Waals surface area contributed by atoms with Gasteiger partial charge in [-0.05, 0) is 47.0 Å². The minimum absolute atomic E-state index is 0.0123. The summed E-state index contributed by atoms with van der Waals surface area (Å²) in [5.74, 6) is -0.495. The third-order valence-corrected chi connectivity index (χ3v) is 5.27. The van der Waals surface area contributed by atoms with Gasteiger partial charge in [0.2, 0.25) is 0 Å². The van der Waals surface area contributed by atoms with Gasteiger partial charge in [-0.25, -0.2) is 8.78 Å². The topological polar surface area (TPSA) is 19.4 Å². The van der Waals surface area contributed by atoms with E-state index in [4.69, 9.17) is 0 Å². The fraction of sp³-hybridized carbons (Fsp3) is 0.261. The van der Waals surface area contributed by atoms with Gasteiger partial charge < -0.3 is 0 Å². The van der Waals surface area contributed by atoms with E-state index >= 15 is 0 Å². The number of benzene rings is 2. The maximum atomic E-state index is 13.4. The molecule has 0 radical (unpaired) electrons. The molecule has 3 aromatic rings. The van der Waals surface area contributed by atoms with E-state index in [1.54, 1.807) is 6.20 Å². The first-order valence-corrected chi connectivity index (χ1v) is 9.55. The van der Waals surface area contributed by atoms with Gasteiger partial charge in [0.15, 0.2) is 0 Å². The maximum absolute atomic E-state index is 13.4. The van der Waals surface area contributed by atoms with Crippen LogP contribution in [0, 0.1) is 11.6 Å². The van der Waals surface area contributed by atoms with Crippen LogP contribution in [0.5, 0.6) is 0 Å². The van der Waals surface area contributed by atoms with E-state index < -0.39 is 0 Å². The Morgan fingerprint density at radius 1 is 0.786 bits per heavy atom. The molecule has 0 amide bonds. The van der Waals surface area contributed by atoms with Crippen molar-refractivity contribution >= 4 is 0 Å². The summed E-state index contributed by atoms with van der Waals surface area (Å²) in [5, 5.41) is 0. The quantitative estimate of drug-likeness (QED) is 0.660. The Morgan fingerprint density at radius 2 is 1.36 bits per heavy atom. The number of halogens is 2. The highest BCUT2D eigenvalue weighted by Gasteiger charge is 2.26. The average Bonchev–Trinajstić information content (AvgIpc) is 2.73. The van der Waals surface area contributed by atoms with Gasteiger partial charge in [0.25, 0.3) is 0 Å². The van der Waals surface area contributed by atoms with Gasteiger partial charge in [0.1, 0.15) is 11.6 Å². The molecule has 28 heavy (non-hydrogen) atoms. The smallest absolute Gasteiger partial charge is 0.123 e. The van der Waals surface area contributed by atoms with Crippen LogP contribution in [0.15, 0.2) is 73.1 Å². The van der Waals surface area contributed by atoms with Gasteiger partial charge in [0, 0.05) is 45.1 Å². The second-order valence-corrected chi connectivity index (χ2v) is 7.18. The zero-order valence-electron chi connectivity index (χ0n) is 15.6. The molecule has 144 valence electrons. The van der Waals surface area contributed by atoms with E-state index in [0.717, 1.165) is 43.9 Å². The molecular weight excluding hydrogens is 356 g/mol. The van der Waals surface area contributed by atoms with Gasteiger partial charge in [-0.1, -0.05) is 30.3 Å². The first kappa shape index (κ1) is 18.7. The zero-order valence-corrected chi connectivity index (χ0v) is 15.6. The average molecular weight is 379 g/mol. The molecule has 0 bridgehead atoms. The summed E-state index contributed by atoms with van der Waals surface area (Å²) in [7, 11) is 0. The molecule has 4 rings (SSSR count). The summed E-state index contributed by atoms with van der Waals surface area (Å²) in [6, 6.07) is 17.3. The Hall–Kier alpha value is -2.63. The molecule has 1 saturated heterocycles. The largest absolute Gasteiger partial charge is 0.296 e. The standard InChI is InChI=1S/C23H23F2N3/c24-21-7-3-19(4-8-21)23(20-5-9-22(25)10-6-20)28-14-12-27(13-15-28)17-18-2-1-11-26-16-18/h1-11,16,23H,12-15,17H2. The van der Waals surface area contributed by atoms with Crippen LogP contribution in [0.4, 0.5) is 8.78 Å². The molecular formula is C23H23F2N3. The second kappa shape index (κ2) is 8.59. The van der Waals surface area contributed by atoms with Crippen molar-refractivity contribution in [2.45, 2.75) is 12.6 Å². The predicted molar refractivity (Wildman–Crippen MR) is 106 cm³/mol. The van der Waals surface area contributed by atoms with E-state index in [-0.39, 0.29) is 17.7 Å². The summed E-state index contributed by atoms with van der Waals surface area (Å²) in [5.41, 5.74) is 3.26. The molecule has 0 aliphatic carbocycles. The molecule has 0 atom stereocenters. The predicted octanol–water partition coefficient (Wildman–Crippen LogP) is 4.27. The van der Waals surface area contributed by atoms with E-state index in [2.05, 4.69) is 20.9 Å². The third kappa shape index (κ3) is 4.43. The van der Waals surface area contributed by atoms with Gasteiger partial charge in [0.05, 0.1) is 6.04 Å². The van der Waals surface area contributed by atoms with Crippen molar-refractivity contribution in [3.8, 4) is 0 Å². The van der Waals surface area contributed by atoms with Crippen molar-refractivity contribution in [1.29, 1.82) is 0 Å². The van der Waals surface area contributed by atoms with Crippen LogP contribution in [0.2, 0.25) is 0 Å². The van der Waals surface area contributed by atoms with Crippen LogP contribution in [-0.4, -0.2) is 41.0 Å². The summed E-state index contributed by atoms with van der Waals surface area (Å²) in [6.07, 6.45) is 3.70. The van der Waals surface area contributed by atoms with Crippen molar-refractivity contribution in [2.24, 2.45) is 0 Å². The lowest BCUT2D eigenvalue weighted by Crippen LogP contribution is -2.47. The Kier molecular flexibility index (Phi) is 5.74. The highest BCUT2D eigenvalue weighted by atomic mass is 19.1. The van der Waals surface area contributed by atoms with Crippen LogP contribution in [0.3, 0.4) is 0 Å². The van der Waals surface area contributed by atoms with Crippen molar-refractivity contribution in [3.05, 3.63) is 101 Å². The zero-order chi connectivity index (χ0) is 19.3. The molecule has 1 fully saturated rings. The SMILES string of the molecule is Fc1ccc(C(c2ccc(F)cc2)N2CCN(Cc3cccnc3)CC2)cc1. The maximum Gasteiger partial charge on any atom is 0.123 e. The summed E-state index contributed by atoms with van der Waals surface area (Å²) >= 11 is 0.